The van der Waals surface area contributed by atoms with Crippen LogP contribution in [0.1, 0.15) is 41.6 Å². The molecule has 1 aliphatic heterocycles. The number of carbonyl (C=O) groups is 1. The lowest BCUT2D eigenvalue weighted by Gasteiger charge is -2.28. The fourth-order valence-electron chi connectivity index (χ4n) is 2.59. The molecule has 0 aromatic heterocycles. The van der Waals surface area contributed by atoms with Gasteiger partial charge in [-0.15, -0.1) is 0 Å². The Kier molecular flexibility index (Phi) is 4.43. The van der Waals surface area contributed by atoms with Gasteiger partial charge in [-0.3, -0.25) is 4.79 Å². The third-order valence-corrected chi connectivity index (χ3v) is 3.79. The highest BCUT2D eigenvalue weighted by atomic mass is 16.3. The summed E-state index contributed by atoms with van der Waals surface area (Å²) in [5.74, 6) is 0.148. The molecule has 1 saturated heterocycles. The van der Waals surface area contributed by atoms with Crippen LogP contribution < -0.4 is 0 Å². The van der Waals surface area contributed by atoms with Gasteiger partial charge in [0, 0.05) is 12.1 Å². The lowest BCUT2D eigenvalue weighted by atomic mass is 10.1. The Labute approximate surface area is 113 Å². The minimum Gasteiger partial charge on any atom is -0.508 e. The number of hydrogen-bond acceptors (Lipinski definition) is 3. The van der Waals surface area contributed by atoms with Crippen LogP contribution in [-0.2, 0) is 0 Å². The van der Waals surface area contributed by atoms with Crippen molar-refractivity contribution in [1.82, 2.24) is 4.90 Å². The van der Waals surface area contributed by atoms with Crippen LogP contribution in [0.25, 0.3) is 0 Å². The fraction of sp³-hybridized carbons (Fsp3) is 0.533. The van der Waals surface area contributed by atoms with Gasteiger partial charge in [0.05, 0.1) is 12.6 Å². The standard InChI is InChI=1S/C15H21NO3/c1-11-9-12(6-7-14(11)18)15(19)16-8-4-2-3-5-13(16)10-17/h6-7,9,13,17-18H,2-5,8,10H2,1H3. The summed E-state index contributed by atoms with van der Waals surface area (Å²) in [6.07, 6.45) is 4.01. The summed E-state index contributed by atoms with van der Waals surface area (Å²) in [4.78, 5) is 14.3. The molecule has 0 saturated carbocycles. The SMILES string of the molecule is Cc1cc(C(=O)N2CCCCCC2CO)ccc1O. The van der Waals surface area contributed by atoms with E-state index < -0.39 is 0 Å². The topological polar surface area (TPSA) is 60.8 Å². The summed E-state index contributed by atoms with van der Waals surface area (Å²) in [7, 11) is 0. The van der Waals surface area contributed by atoms with Crippen LogP contribution in [0.5, 0.6) is 5.75 Å². The number of benzene rings is 1. The van der Waals surface area contributed by atoms with E-state index in [0.29, 0.717) is 17.7 Å². The largest absolute Gasteiger partial charge is 0.508 e. The van der Waals surface area contributed by atoms with Crippen molar-refractivity contribution in [3.63, 3.8) is 0 Å². The number of aliphatic hydroxyl groups is 1. The Morgan fingerprint density at radius 3 is 2.84 bits per heavy atom. The summed E-state index contributed by atoms with van der Waals surface area (Å²) < 4.78 is 0. The van der Waals surface area contributed by atoms with Gasteiger partial charge in [0.1, 0.15) is 5.75 Å². The van der Waals surface area contributed by atoms with Gasteiger partial charge in [0.25, 0.3) is 5.91 Å². The molecular formula is C15H21NO3. The maximum absolute atomic E-state index is 12.5. The quantitative estimate of drug-likeness (QED) is 0.858. The van der Waals surface area contributed by atoms with Crippen molar-refractivity contribution in [3.8, 4) is 5.75 Å². The first-order chi connectivity index (χ1) is 9.13. The minimum absolute atomic E-state index is 0.0167. The minimum atomic E-state index is -0.0795. The number of likely N-dealkylation sites (tertiary alicyclic amines) is 1. The molecule has 104 valence electrons. The summed E-state index contributed by atoms with van der Waals surface area (Å²) >= 11 is 0. The molecule has 1 aliphatic rings. The number of phenols is 1. The van der Waals surface area contributed by atoms with Gasteiger partial charge >= 0.3 is 0 Å². The van der Waals surface area contributed by atoms with Crippen molar-refractivity contribution in [2.45, 2.75) is 38.6 Å². The number of aryl methyl sites for hydroxylation is 1. The van der Waals surface area contributed by atoms with Crippen LogP contribution in [0.15, 0.2) is 18.2 Å². The molecule has 1 atom stereocenters. The zero-order valence-electron chi connectivity index (χ0n) is 11.3. The van der Waals surface area contributed by atoms with E-state index in [9.17, 15) is 15.0 Å². The number of hydrogen-bond donors (Lipinski definition) is 2. The summed E-state index contributed by atoms with van der Waals surface area (Å²) in [5, 5.41) is 19.0. The van der Waals surface area contributed by atoms with Crippen molar-refractivity contribution in [1.29, 1.82) is 0 Å². The summed E-state index contributed by atoms with van der Waals surface area (Å²) in [5.41, 5.74) is 1.27. The predicted molar refractivity (Wildman–Crippen MR) is 73.2 cm³/mol. The van der Waals surface area contributed by atoms with Crippen LogP contribution in [0.2, 0.25) is 0 Å². The van der Waals surface area contributed by atoms with Gasteiger partial charge in [-0.05, 0) is 43.5 Å². The molecule has 0 aliphatic carbocycles. The van der Waals surface area contributed by atoms with Gasteiger partial charge in [-0.1, -0.05) is 12.8 Å². The lowest BCUT2D eigenvalue weighted by molar-refractivity contribution is 0.0599. The van der Waals surface area contributed by atoms with Crippen LogP contribution >= 0.6 is 0 Å². The average molecular weight is 263 g/mol. The van der Waals surface area contributed by atoms with E-state index in [1.165, 1.54) is 0 Å². The zero-order valence-corrected chi connectivity index (χ0v) is 11.3. The number of aliphatic hydroxyl groups excluding tert-OH is 1. The van der Waals surface area contributed by atoms with Crippen LogP contribution in [0.3, 0.4) is 0 Å². The second-order valence-electron chi connectivity index (χ2n) is 5.19. The molecule has 4 nitrogen and oxygen atoms in total. The third kappa shape index (κ3) is 3.07. The molecule has 1 amide bonds. The van der Waals surface area contributed by atoms with Crippen LogP contribution in [0.4, 0.5) is 0 Å². The number of amides is 1. The van der Waals surface area contributed by atoms with Crippen LogP contribution in [0, 0.1) is 6.92 Å². The number of rotatable bonds is 2. The molecule has 1 aromatic rings. The van der Waals surface area contributed by atoms with Crippen LogP contribution in [-0.4, -0.2) is 40.2 Å². The molecule has 19 heavy (non-hydrogen) atoms. The number of phenolic OH excluding ortho intramolecular Hbond substituents is 1. The molecule has 1 unspecified atom stereocenters. The molecule has 1 heterocycles. The Morgan fingerprint density at radius 2 is 2.16 bits per heavy atom. The Hall–Kier alpha value is -1.55. The smallest absolute Gasteiger partial charge is 0.254 e. The molecule has 1 aromatic carbocycles. The number of nitrogens with zero attached hydrogens (tertiary/aromatic N) is 1. The van der Waals surface area contributed by atoms with Gasteiger partial charge in [0.2, 0.25) is 0 Å². The lowest BCUT2D eigenvalue weighted by Crippen LogP contribution is -2.42. The van der Waals surface area contributed by atoms with E-state index >= 15 is 0 Å². The van der Waals surface area contributed by atoms with E-state index in [4.69, 9.17) is 0 Å². The molecule has 0 spiro atoms. The normalized spacial score (nSPS) is 20.1. The van der Waals surface area contributed by atoms with Gasteiger partial charge in [-0.25, -0.2) is 0 Å². The molecule has 0 radical (unpaired) electrons. The highest BCUT2D eigenvalue weighted by Gasteiger charge is 2.25. The first-order valence-corrected chi connectivity index (χ1v) is 6.85. The van der Waals surface area contributed by atoms with E-state index in [2.05, 4.69) is 0 Å². The van der Waals surface area contributed by atoms with Gasteiger partial charge < -0.3 is 15.1 Å². The maximum Gasteiger partial charge on any atom is 0.254 e. The van der Waals surface area contributed by atoms with Crippen molar-refractivity contribution in [2.75, 3.05) is 13.2 Å². The highest BCUT2D eigenvalue weighted by Crippen LogP contribution is 2.22. The van der Waals surface area contributed by atoms with Crippen molar-refractivity contribution < 1.29 is 15.0 Å². The summed E-state index contributed by atoms with van der Waals surface area (Å²) in [6.45, 7) is 2.49. The summed E-state index contributed by atoms with van der Waals surface area (Å²) in [6, 6.07) is 4.82. The fourth-order valence-corrected chi connectivity index (χ4v) is 2.59. The number of aromatic hydroxyl groups is 1. The Morgan fingerprint density at radius 1 is 1.37 bits per heavy atom. The second-order valence-corrected chi connectivity index (χ2v) is 5.19. The Balaban J connectivity index is 2.22. The molecule has 0 bridgehead atoms. The van der Waals surface area contributed by atoms with E-state index in [0.717, 1.165) is 25.7 Å². The highest BCUT2D eigenvalue weighted by molar-refractivity contribution is 5.94. The second kappa shape index (κ2) is 6.06. The average Bonchev–Trinajstić information content (AvgIpc) is 2.66. The maximum atomic E-state index is 12.5. The van der Waals surface area contributed by atoms with Gasteiger partial charge in [0.15, 0.2) is 0 Å². The molecule has 2 rings (SSSR count). The first kappa shape index (κ1) is 13.9. The molecule has 1 fully saturated rings. The van der Waals surface area contributed by atoms with E-state index in [1.54, 1.807) is 30.0 Å². The molecule has 4 heteroatoms. The molecule has 2 N–H and O–H groups in total. The van der Waals surface area contributed by atoms with Crippen molar-refractivity contribution >= 4 is 5.91 Å². The third-order valence-electron chi connectivity index (χ3n) is 3.79. The number of carbonyl (C=O) groups excluding carboxylic acids is 1. The first-order valence-electron chi connectivity index (χ1n) is 6.85. The van der Waals surface area contributed by atoms with Crippen molar-refractivity contribution in [3.05, 3.63) is 29.3 Å². The zero-order chi connectivity index (χ0) is 13.8. The van der Waals surface area contributed by atoms with Crippen molar-refractivity contribution in [2.24, 2.45) is 0 Å². The predicted octanol–water partition coefficient (Wildman–Crippen LogP) is 2.08. The molecular weight excluding hydrogens is 242 g/mol. The van der Waals surface area contributed by atoms with E-state index in [1.807, 2.05) is 0 Å². The Bertz CT molecular complexity index is 459. The monoisotopic (exact) mass is 263 g/mol. The van der Waals surface area contributed by atoms with Gasteiger partial charge in [-0.2, -0.15) is 0 Å². The van der Waals surface area contributed by atoms with E-state index in [-0.39, 0.29) is 24.3 Å².